The molecule has 3 aromatic rings. The molecular formula is C23H25ClIN3O6. The Balaban J connectivity index is 2.34. The third-order valence-electron chi connectivity index (χ3n) is 4.66. The molecule has 11 heteroatoms. The molecule has 2 aromatic heterocycles. The number of nitrogens with zero attached hydrogens (tertiary/aromatic N) is 3. The van der Waals surface area contributed by atoms with Gasteiger partial charge in [-0.05, 0) is 74.9 Å². The topological polar surface area (TPSA) is 102 Å². The first-order valence-electron chi connectivity index (χ1n) is 10.6. The molecular weight excluding hydrogens is 577 g/mol. The summed E-state index contributed by atoms with van der Waals surface area (Å²) in [5.74, 6) is -1.38. The number of hydrogen-bond acceptors (Lipinski definition) is 7. The van der Waals surface area contributed by atoms with Gasteiger partial charge in [0.2, 0.25) is 11.1 Å². The van der Waals surface area contributed by atoms with Crippen molar-refractivity contribution < 1.29 is 28.6 Å². The van der Waals surface area contributed by atoms with Gasteiger partial charge in [-0.2, -0.15) is 0 Å². The van der Waals surface area contributed by atoms with Gasteiger partial charge < -0.3 is 14.2 Å². The molecule has 0 saturated heterocycles. The second kappa shape index (κ2) is 10.4. The van der Waals surface area contributed by atoms with E-state index in [1.54, 1.807) is 52.0 Å². The summed E-state index contributed by atoms with van der Waals surface area (Å²) in [7, 11) is 0. The summed E-state index contributed by atoms with van der Waals surface area (Å²) in [5.41, 5.74) is -0.597. The van der Waals surface area contributed by atoms with Crippen molar-refractivity contribution in [3.63, 3.8) is 0 Å². The average molecular weight is 602 g/mol. The number of ketones is 1. The van der Waals surface area contributed by atoms with Crippen LogP contribution in [0.2, 0.25) is 5.28 Å². The van der Waals surface area contributed by atoms with Crippen molar-refractivity contribution in [2.45, 2.75) is 47.0 Å². The molecule has 34 heavy (non-hydrogen) atoms. The van der Waals surface area contributed by atoms with Crippen LogP contribution in [-0.4, -0.2) is 50.8 Å². The fourth-order valence-electron chi connectivity index (χ4n) is 3.39. The number of aromatic nitrogens is 3. The number of ether oxygens (including phenoxy) is 3. The minimum Gasteiger partial charge on any atom is -0.461 e. The van der Waals surface area contributed by atoms with E-state index in [4.69, 9.17) is 25.8 Å². The highest BCUT2D eigenvalue weighted by Crippen LogP contribution is 2.32. The molecule has 3 rings (SSSR count). The maximum absolute atomic E-state index is 14.0. The van der Waals surface area contributed by atoms with Crippen LogP contribution in [0.5, 0.6) is 0 Å². The van der Waals surface area contributed by atoms with Crippen LogP contribution >= 0.6 is 34.2 Å². The Morgan fingerprint density at radius 2 is 1.76 bits per heavy atom. The molecule has 0 aliphatic carbocycles. The molecule has 0 atom stereocenters. The second-order valence-electron chi connectivity index (χ2n) is 8.18. The molecule has 0 bridgehead atoms. The van der Waals surface area contributed by atoms with E-state index in [1.807, 2.05) is 29.5 Å². The first kappa shape index (κ1) is 26.2. The molecule has 0 fully saturated rings. The molecule has 1 aromatic carbocycles. The van der Waals surface area contributed by atoms with E-state index in [0.717, 1.165) is 4.57 Å². The normalized spacial score (nSPS) is 11.6. The van der Waals surface area contributed by atoms with Crippen molar-refractivity contribution in [2.75, 3.05) is 13.2 Å². The number of benzene rings is 1. The van der Waals surface area contributed by atoms with Gasteiger partial charge in [0.1, 0.15) is 27.4 Å². The first-order chi connectivity index (χ1) is 16.0. The van der Waals surface area contributed by atoms with Crippen molar-refractivity contribution in [3.05, 3.63) is 50.2 Å². The number of esters is 1. The lowest BCUT2D eigenvalue weighted by Gasteiger charge is -2.20. The second-order valence-corrected chi connectivity index (χ2v) is 9.54. The standard InChI is InChI=1S/C23H25ClIN3O6/c1-6-32-12-27-17(19(25)26-21(27)24)18(29)15-13-10-8-9-11-14(13)28(16(15)20(30)33-7-2)22(31)34-23(3,4)5/h8-11H,6-7,12H2,1-5H3. The highest BCUT2D eigenvalue weighted by molar-refractivity contribution is 14.1. The minimum absolute atomic E-state index is 0.00728. The molecule has 0 saturated carbocycles. The van der Waals surface area contributed by atoms with Crippen molar-refractivity contribution >= 4 is 62.9 Å². The van der Waals surface area contributed by atoms with Crippen LogP contribution < -0.4 is 0 Å². The molecule has 2 heterocycles. The summed E-state index contributed by atoms with van der Waals surface area (Å²) in [6, 6.07) is 6.70. The zero-order valence-electron chi connectivity index (χ0n) is 19.5. The van der Waals surface area contributed by atoms with E-state index in [2.05, 4.69) is 4.98 Å². The molecule has 0 radical (unpaired) electrons. The predicted octanol–water partition coefficient (Wildman–Crippen LogP) is 5.28. The Bertz CT molecular complexity index is 1260. The smallest absolute Gasteiger partial charge is 0.419 e. The lowest BCUT2D eigenvalue weighted by molar-refractivity contribution is 0.0452. The third kappa shape index (κ3) is 5.13. The summed E-state index contributed by atoms with van der Waals surface area (Å²) in [5, 5.41) is 0.451. The van der Waals surface area contributed by atoms with Crippen molar-refractivity contribution in [2.24, 2.45) is 0 Å². The van der Waals surface area contributed by atoms with Crippen LogP contribution in [0, 0.1) is 3.70 Å². The zero-order valence-corrected chi connectivity index (χ0v) is 22.4. The van der Waals surface area contributed by atoms with Gasteiger partial charge in [0.05, 0.1) is 17.7 Å². The lowest BCUT2D eigenvalue weighted by Crippen LogP contribution is -2.30. The van der Waals surface area contributed by atoms with Crippen molar-refractivity contribution in [1.82, 2.24) is 14.1 Å². The van der Waals surface area contributed by atoms with Crippen LogP contribution in [0.15, 0.2) is 24.3 Å². The Kier molecular flexibility index (Phi) is 8.04. The van der Waals surface area contributed by atoms with Gasteiger partial charge >= 0.3 is 12.1 Å². The Labute approximate surface area is 215 Å². The SMILES string of the molecule is CCOCn1c(Cl)nc(I)c1C(=O)c1c(C(=O)OCC)n(C(=O)OC(C)(C)C)c2ccccc12. The van der Waals surface area contributed by atoms with Gasteiger partial charge in [-0.1, -0.05) is 18.2 Å². The van der Waals surface area contributed by atoms with Crippen molar-refractivity contribution in [3.8, 4) is 0 Å². The van der Waals surface area contributed by atoms with E-state index in [9.17, 15) is 14.4 Å². The molecule has 182 valence electrons. The number of carbonyl (C=O) groups excluding carboxylic acids is 3. The Hall–Kier alpha value is -2.44. The van der Waals surface area contributed by atoms with E-state index in [0.29, 0.717) is 21.2 Å². The summed E-state index contributed by atoms with van der Waals surface area (Å²) in [6.45, 7) is 9.02. The summed E-state index contributed by atoms with van der Waals surface area (Å²) < 4.78 is 19.1. The maximum Gasteiger partial charge on any atom is 0.419 e. The molecule has 0 spiro atoms. The van der Waals surface area contributed by atoms with Crippen LogP contribution in [0.4, 0.5) is 4.79 Å². The fourth-order valence-corrected chi connectivity index (χ4v) is 4.52. The van der Waals surface area contributed by atoms with Crippen molar-refractivity contribution in [1.29, 1.82) is 0 Å². The molecule has 9 nitrogen and oxygen atoms in total. The highest BCUT2D eigenvalue weighted by atomic mass is 127. The van der Waals surface area contributed by atoms with Crippen LogP contribution in [0.3, 0.4) is 0 Å². The summed E-state index contributed by atoms with van der Waals surface area (Å²) in [6.07, 6.45) is -0.804. The molecule has 0 aliphatic rings. The molecule has 0 unspecified atom stereocenters. The Morgan fingerprint density at radius 1 is 1.09 bits per heavy atom. The average Bonchev–Trinajstić information content (AvgIpc) is 3.24. The third-order valence-corrected chi connectivity index (χ3v) is 5.71. The zero-order chi connectivity index (χ0) is 25.2. The number of carbonyl (C=O) groups is 3. The summed E-state index contributed by atoms with van der Waals surface area (Å²) >= 11 is 8.16. The van der Waals surface area contributed by atoms with E-state index in [1.165, 1.54) is 4.57 Å². The van der Waals surface area contributed by atoms with Crippen LogP contribution in [0.1, 0.15) is 61.2 Å². The quantitative estimate of drug-likeness (QED) is 0.206. The minimum atomic E-state index is -0.836. The largest absolute Gasteiger partial charge is 0.461 e. The van der Waals surface area contributed by atoms with Gasteiger partial charge in [0.15, 0.2) is 0 Å². The lowest BCUT2D eigenvalue weighted by atomic mass is 10.0. The van der Waals surface area contributed by atoms with E-state index in [-0.39, 0.29) is 35.6 Å². The number of fused-ring (bicyclic) bond motifs is 1. The van der Waals surface area contributed by atoms with Gasteiger partial charge in [0, 0.05) is 12.0 Å². The van der Waals surface area contributed by atoms with Crippen LogP contribution in [0.25, 0.3) is 10.9 Å². The molecule has 0 N–H and O–H groups in total. The van der Waals surface area contributed by atoms with Crippen LogP contribution in [-0.2, 0) is 20.9 Å². The Morgan fingerprint density at radius 3 is 2.38 bits per heavy atom. The number of hydrogen-bond donors (Lipinski definition) is 0. The summed E-state index contributed by atoms with van der Waals surface area (Å²) in [4.78, 5) is 44.5. The monoisotopic (exact) mass is 601 g/mol. The number of para-hydroxylation sites is 1. The maximum atomic E-state index is 14.0. The molecule has 0 amide bonds. The number of imidazole rings is 1. The van der Waals surface area contributed by atoms with Gasteiger partial charge in [-0.15, -0.1) is 0 Å². The number of halogens is 2. The highest BCUT2D eigenvalue weighted by Gasteiger charge is 2.35. The van der Waals surface area contributed by atoms with Gasteiger partial charge in [0.25, 0.3) is 0 Å². The number of rotatable bonds is 7. The predicted molar refractivity (Wildman–Crippen MR) is 135 cm³/mol. The molecule has 0 aliphatic heterocycles. The van der Waals surface area contributed by atoms with E-state index < -0.39 is 23.4 Å². The first-order valence-corrected chi connectivity index (χ1v) is 12.0. The van der Waals surface area contributed by atoms with Gasteiger partial charge in [-0.3, -0.25) is 9.36 Å². The fraction of sp³-hybridized carbons (Fsp3) is 0.391. The van der Waals surface area contributed by atoms with E-state index >= 15 is 0 Å². The van der Waals surface area contributed by atoms with Gasteiger partial charge in [-0.25, -0.2) is 19.1 Å².